The van der Waals surface area contributed by atoms with Gasteiger partial charge in [-0.1, -0.05) is 54.6 Å². The van der Waals surface area contributed by atoms with E-state index in [1.807, 2.05) is 24.3 Å². The Bertz CT molecular complexity index is 996. The van der Waals surface area contributed by atoms with Crippen LogP contribution < -0.4 is 10.6 Å². The minimum absolute atomic E-state index is 0.0193. The maximum absolute atomic E-state index is 12.1. The number of rotatable bonds is 7. The summed E-state index contributed by atoms with van der Waals surface area (Å²) < 4.78 is 5.42. The number of hydrogen-bond donors (Lipinski definition) is 3. The molecular weight excluding hydrogens is 396 g/mol. The van der Waals surface area contributed by atoms with Crippen molar-refractivity contribution in [2.45, 2.75) is 30.7 Å². The molecule has 1 fully saturated rings. The van der Waals surface area contributed by atoms with Crippen molar-refractivity contribution in [1.29, 1.82) is 0 Å². The number of carboxylic acid groups (broad SMARTS) is 1. The number of aliphatic carboxylic acids is 1. The SMILES string of the molecule is O=C(/C=C/CNC(=O)OCC1c2ccccc2-c2ccccc21)NC1(C(=O)O)CCC1. The van der Waals surface area contributed by atoms with Gasteiger partial charge < -0.3 is 20.5 Å². The molecule has 1 saturated carbocycles. The van der Waals surface area contributed by atoms with Gasteiger partial charge in [0.1, 0.15) is 12.1 Å². The van der Waals surface area contributed by atoms with E-state index >= 15 is 0 Å². The molecule has 0 radical (unpaired) electrons. The summed E-state index contributed by atoms with van der Waals surface area (Å²) >= 11 is 0. The highest BCUT2D eigenvalue weighted by Crippen LogP contribution is 2.44. The first kappa shape index (κ1) is 20.7. The molecule has 0 bridgehead atoms. The Hall–Kier alpha value is -3.61. The number of amides is 2. The molecule has 2 aliphatic rings. The van der Waals surface area contributed by atoms with E-state index < -0.39 is 23.5 Å². The highest BCUT2D eigenvalue weighted by Gasteiger charge is 2.45. The number of ether oxygens (including phenoxy) is 1. The number of fused-ring (bicyclic) bond motifs is 3. The zero-order valence-corrected chi connectivity index (χ0v) is 17.0. The van der Waals surface area contributed by atoms with Crippen molar-refractivity contribution < 1.29 is 24.2 Å². The molecule has 2 aromatic carbocycles. The van der Waals surface area contributed by atoms with E-state index in [1.54, 1.807) is 0 Å². The van der Waals surface area contributed by atoms with Gasteiger partial charge in [0, 0.05) is 18.5 Å². The summed E-state index contributed by atoms with van der Waals surface area (Å²) in [5.74, 6) is -1.53. The Morgan fingerprint density at radius 1 is 1.03 bits per heavy atom. The zero-order valence-electron chi connectivity index (χ0n) is 17.0. The predicted molar refractivity (Wildman–Crippen MR) is 115 cm³/mol. The van der Waals surface area contributed by atoms with Gasteiger partial charge in [0.15, 0.2) is 0 Å². The van der Waals surface area contributed by atoms with Crippen molar-refractivity contribution in [3.05, 3.63) is 71.8 Å². The number of benzene rings is 2. The Labute approximate surface area is 180 Å². The lowest BCUT2D eigenvalue weighted by Gasteiger charge is -2.37. The molecule has 7 heteroatoms. The first-order valence-corrected chi connectivity index (χ1v) is 10.3. The zero-order chi connectivity index (χ0) is 21.8. The van der Waals surface area contributed by atoms with Gasteiger partial charge in [0.25, 0.3) is 0 Å². The second kappa shape index (κ2) is 8.63. The number of carboxylic acids is 1. The predicted octanol–water partition coefficient (Wildman–Crippen LogP) is 3.20. The lowest BCUT2D eigenvalue weighted by Crippen LogP contribution is -2.58. The molecule has 0 heterocycles. The van der Waals surface area contributed by atoms with Crippen LogP contribution in [0.5, 0.6) is 0 Å². The Morgan fingerprint density at radius 2 is 1.65 bits per heavy atom. The van der Waals surface area contributed by atoms with E-state index in [2.05, 4.69) is 34.9 Å². The molecule has 0 saturated heterocycles. The number of nitrogens with one attached hydrogen (secondary N) is 2. The Kier molecular flexibility index (Phi) is 5.75. The molecule has 2 aliphatic carbocycles. The van der Waals surface area contributed by atoms with Gasteiger partial charge in [-0.25, -0.2) is 9.59 Å². The van der Waals surface area contributed by atoms with Crippen LogP contribution in [0.25, 0.3) is 11.1 Å². The fraction of sp³-hybridized carbons (Fsp3) is 0.292. The molecule has 2 amide bonds. The average Bonchev–Trinajstić information content (AvgIpc) is 3.06. The lowest BCUT2D eigenvalue weighted by molar-refractivity contribution is -0.151. The third-order valence-corrected chi connectivity index (χ3v) is 5.96. The minimum Gasteiger partial charge on any atom is -0.480 e. The fourth-order valence-electron chi connectivity index (χ4n) is 4.16. The first-order valence-electron chi connectivity index (χ1n) is 10.3. The minimum atomic E-state index is -1.15. The summed E-state index contributed by atoms with van der Waals surface area (Å²) in [7, 11) is 0. The smallest absolute Gasteiger partial charge is 0.407 e. The van der Waals surface area contributed by atoms with Crippen molar-refractivity contribution >= 4 is 18.0 Å². The monoisotopic (exact) mass is 420 g/mol. The van der Waals surface area contributed by atoms with Crippen molar-refractivity contribution in [1.82, 2.24) is 10.6 Å². The summed E-state index contributed by atoms with van der Waals surface area (Å²) in [5, 5.41) is 14.3. The van der Waals surface area contributed by atoms with Gasteiger partial charge in [-0.15, -0.1) is 0 Å². The van der Waals surface area contributed by atoms with Crippen LogP contribution in [-0.2, 0) is 14.3 Å². The molecule has 0 spiro atoms. The van der Waals surface area contributed by atoms with Gasteiger partial charge in [0.2, 0.25) is 5.91 Å². The highest BCUT2D eigenvalue weighted by molar-refractivity contribution is 5.93. The summed E-state index contributed by atoms with van der Waals surface area (Å²) in [6.07, 6.45) is 3.75. The Balaban J connectivity index is 1.26. The van der Waals surface area contributed by atoms with E-state index in [4.69, 9.17) is 4.74 Å². The summed E-state index contributed by atoms with van der Waals surface area (Å²) in [6.45, 7) is 0.315. The van der Waals surface area contributed by atoms with Gasteiger partial charge >= 0.3 is 12.1 Å². The van der Waals surface area contributed by atoms with E-state index in [1.165, 1.54) is 12.2 Å². The van der Waals surface area contributed by atoms with Crippen molar-refractivity contribution in [2.75, 3.05) is 13.2 Å². The topological polar surface area (TPSA) is 105 Å². The summed E-state index contributed by atoms with van der Waals surface area (Å²) in [5.41, 5.74) is 3.44. The maximum atomic E-state index is 12.1. The standard InChI is InChI=1S/C24H24N2O5/c27-21(26-24(22(28)29)12-6-13-24)11-5-14-25-23(30)31-15-20-18-9-3-1-7-16(18)17-8-2-4-10-19(17)20/h1-5,7-11,20H,6,12-15H2,(H,25,30)(H,26,27)(H,28,29)/b11-5+. The van der Waals surface area contributed by atoms with Crippen LogP contribution >= 0.6 is 0 Å². The van der Waals surface area contributed by atoms with Crippen LogP contribution in [0.3, 0.4) is 0 Å². The van der Waals surface area contributed by atoms with Crippen LogP contribution in [0.15, 0.2) is 60.7 Å². The van der Waals surface area contributed by atoms with Crippen LogP contribution in [0, 0.1) is 0 Å². The van der Waals surface area contributed by atoms with Gasteiger partial charge in [-0.05, 0) is 41.5 Å². The van der Waals surface area contributed by atoms with Crippen molar-refractivity contribution in [3.63, 3.8) is 0 Å². The number of carbonyl (C=O) groups is 3. The molecule has 3 N–H and O–H groups in total. The molecule has 2 aromatic rings. The normalized spacial score (nSPS) is 16.1. The number of hydrogen-bond acceptors (Lipinski definition) is 4. The van der Waals surface area contributed by atoms with E-state index in [0.717, 1.165) is 28.7 Å². The molecule has 0 unspecified atom stereocenters. The molecule has 7 nitrogen and oxygen atoms in total. The second-order valence-electron chi connectivity index (χ2n) is 7.84. The maximum Gasteiger partial charge on any atom is 0.407 e. The molecule has 4 rings (SSSR count). The molecule has 0 aromatic heterocycles. The third-order valence-electron chi connectivity index (χ3n) is 5.96. The first-order chi connectivity index (χ1) is 15.0. The fourth-order valence-corrected chi connectivity index (χ4v) is 4.16. The van der Waals surface area contributed by atoms with Gasteiger partial charge in [0.05, 0.1) is 0 Å². The molecule has 0 atom stereocenters. The highest BCUT2D eigenvalue weighted by atomic mass is 16.5. The van der Waals surface area contributed by atoms with E-state index in [9.17, 15) is 19.5 Å². The van der Waals surface area contributed by atoms with Crippen LogP contribution in [0.4, 0.5) is 4.79 Å². The van der Waals surface area contributed by atoms with Gasteiger partial charge in [-0.3, -0.25) is 4.79 Å². The molecular formula is C24H24N2O5. The quantitative estimate of drug-likeness (QED) is 0.597. The summed E-state index contributed by atoms with van der Waals surface area (Å²) in [4.78, 5) is 35.3. The van der Waals surface area contributed by atoms with Gasteiger partial charge in [-0.2, -0.15) is 0 Å². The largest absolute Gasteiger partial charge is 0.480 e. The van der Waals surface area contributed by atoms with Crippen LogP contribution in [-0.4, -0.2) is 41.8 Å². The molecule has 31 heavy (non-hydrogen) atoms. The number of alkyl carbamates (subject to hydrolysis) is 1. The van der Waals surface area contributed by atoms with E-state index in [-0.39, 0.29) is 19.1 Å². The lowest BCUT2D eigenvalue weighted by atomic mass is 9.77. The third kappa shape index (κ3) is 4.17. The van der Waals surface area contributed by atoms with Crippen molar-refractivity contribution in [3.8, 4) is 11.1 Å². The average molecular weight is 420 g/mol. The molecule has 160 valence electrons. The molecule has 0 aliphatic heterocycles. The van der Waals surface area contributed by atoms with Crippen LogP contribution in [0.1, 0.15) is 36.3 Å². The number of carbonyl (C=O) groups excluding carboxylic acids is 2. The second-order valence-corrected chi connectivity index (χ2v) is 7.84. The van der Waals surface area contributed by atoms with Crippen LogP contribution in [0.2, 0.25) is 0 Å². The summed E-state index contributed by atoms with van der Waals surface area (Å²) in [6, 6.07) is 16.2. The van der Waals surface area contributed by atoms with E-state index in [0.29, 0.717) is 12.8 Å². The Morgan fingerprint density at radius 3 is 2.19 bits per heavy atom. The van der Waals surface area contributed by atoms with Crippen molar-refractivity contribution in [2.24, 2.45) is 0 Å².